The molecule has 0 aliphatic heterocycles. The molecule has 7 heteroatoms. The number of unbranched alkanes of at least 4 members (excludes halogenated alkanes) is 1. The van der Waals surface area contributed by atoms with Crippen LogP contribution < -0.4 is 10.6 Å². The molecule has 0 aliphatic rings. The number of carbonyl (C=O) groups is 3. The van der Waals surface area contributed by atoms with E-state index in [2.05, 4.69) is 17.6 Å². The molecule has 26 heavy (non-hydrogen) atoms. The quantitative estimate of drug-likeness (QED) is 0.661. The molecule has 6 nitrogen and oxygen atoms in total. The Hall–Kier alpha value is -2.67. The van der Waals surface area contributed by atoms with Gasteiger partial charge in [0.1, 0.15) is 6.54 Å². The molecular weight excluding hydrogens is 352 g/mol. The van der Waals surface area contributed by atoms with Crippen molar-refractivity contribution in [3.8, 4) is 0 Å². The molecule has 0 saturated heterocycles. The molecule has 2 amide bonds. The number of aryl methyl sites for hydroxylation is 1. The van der Waals surface area contributed by atoms with Crippen molar-refractivity contribution in [2.75, 3.05) is 18.5 Å². The minimum absolute atomic E-state index is 0.282. The maximum Gasteiger partial charge on any atom is 0.325 e. The Kier molecular flexibility index (Phi) is 7.82. The Morgan fingerprint density at radius 3 is 2.54 bits per heavy atom. The van der Waals surface area contributed by atoms with E-state index >= 15 is 0 Å². The third-order valence-electron chi connectivity index (χ3n) is 3.56. The Morgan fingerprint density at radius 1 is 1.12 bits per heavy atom. The number of hydrogen-bond donors (Lipinski definition) is 2. The lowest BCUT2D eigenvalue weighted by Crippen LogP contribution is -2.31. The summed E-state index contributed by atoms with van der Waals surface area (Å²) in [7, 11) is 0. The molecular formula is C19H22N2O4S. The van der Waals surface area contributed by atoms with E-state index < -0.39 is 18.5 Å². The monoisotopic (exact) mass is 374 g/mol. The van der Waals surface area contributed by atoms with E-state index in [1.54, 1.807) is 17.5 Å². The van der Waals surface area contributed by atoms with Crippen LogP contribution in [-0.2, 0) is 20.7 Å². The van der Waals surface area contributed by atoms with E-state index in [0.717, 1.165) is 19.3 Å². The molecule has 138 valence electrons. The van der Waals surface area contributed by atoms with Gasteiger partial charge >= 0.3 is 5.97 Å². The van der Waals surface area contributed by atoms with Crippen molar-refractivity contribution < 1.29 is 19.1 Å². The maximum absolute atomic E-state index is 11.8. The summed E-state index contributed by atoms with van der Waals surface area (Å²) in [5, 5.41) is 6.88. The van der Waals surface area contributed by atoms with Gasteiger partial charge in [0.25, 0.3) is 11.8 Å². The van der Waals surface area contributed by atoms with Crippen LogP contribution in [0.1, 0.15) is 35.0 Å². The highest BCUT2D eigenvalue weighted by Crippen LogP contribution is 2.11. The molecule has 1 aromatic carbocycles. The summed E-state index contributed by atoms with van der Waals surface area (Å²) in [4.78, 5) is 35.6. The van der Waals surface area contributed by atoms with Crippen LogP contribution in [0.4, 0.5) is 5.69 Å². The van der Waals surface area contributed by atoms with Gasteiger partial charge in [-0.1, -0.05) is 31.5 Å². The lowest BCUT2D eigenvalue weighted by molar-refractivity contribution is -0.146. The van der Waals surface area contributed by atoms with Crippen molar-refractivity contribution in [1.82, 2.24) is 5.32 Å². The summed E-state index contributed by atoms with van der Waals surface area (Å²) >= 11 is 1.28. The zero-order valence-electron chi connectivity index (χ0n) is 14.6. The number of thiophene rings is 1. The summed E-state index contributed by atoms with van der Waals surface area (Å²) in [6, 6.07) is 11.0. The molecule has 1 aromatic heterocycles. The van der Waals surface area contributed by atoms with Crippen LogP contribution in [0.5, 0.6) is 0 Å². The number of anilines is 1. The number of esters is 1. The van der Waals surface area contributed by atoms with Gasteiger partial charge in [0.05, 0.1) is 4.88 Å². The fourth-order valence-electron chi connectivity index (χ4n) is 2.18. The van der Waals surface area contributed by atoms with Crippen molar-refractivity contribution >= 4 is 34.8 Å². The van der Waals surface area contributed by atoms with Gasteiger partial charge in [-0.3, -0.25) is 14.4 Å². The molecule has 0 fully saturated rings. The number of rotatable bonds is 9. The molecule has 2 aromatic rings. The summed E-state index contributed by atoms with van der Waals surface area (Å²) in [5.74, 6) is -1.44. The van der Waals surface area contributed by atoms with Crippen LogP contribution in [0.2, 0.25) is 0 Å². The average molecular weight is 374 g/mol. The van der Waals surface area contributed by atoms with Crippen molar-refractivity contribution in [2.45, 2.75) is 26.2 Å². The van der Waals surface area contributed by atoms with Gasteiger partial charge in [0, 0.05) is 5.69 Å². The third-order valence-corrected chi connectivity index (χ3v) is 4.43. The van der Waals surface area contributed by atoms with Crippen molar-refractivity contribution in [3.05, 3.63) is 52.2 Å². The normalized spacial score (nSPS) is 10.2. The molecule has 2 N–H and O–H groups in total. The Labute approximate surface area is 156 Å². The van der Waals surface area contributed by atoms with E-state index in [4.69, 9.17) is 4.74 Å². The molecule has 0 aliphatic carbocycles. The maximum atomic E-state index is 11.8. The highest BCUT2D eigenvalue weighted by atomic mass is 32.1. The number of ether oxygens (including phenoxy) is 1. The predicted molar refractivity (Wildman–Crippen MR) is 101 cm³/mol. The SMILES string of the molecule is CCCCc1ccc(NC(=O)COC(=O)CNC(=O)c2cccs2)cc1. The van der Waals surface area contributed by atoms with Crippen LogP contribution >= 0.6 is 11.3 Å². The van der Waals surface area contributed by atoms with Gasteiger partial charge in [0.15, 0.2) is 6.61 Å². The van der Waals surface area contributed by atoms with E-state index in [9.17, 15) is 14.4 Å². The van der Waals surface area contributed by atoms with E-state index in [1.165, 1.54) is 16.9 Å². The molecule has 0 saturated carbocycles. The molecule has 2 rings (SSSR count). The Bertz CT molecular complexity index is 727. The fraction of sp³-hybridized carbons (Fsp3) is 0.316. The van der Waals surface area contributed by atoms with Crippen LogP contribution in [-0.4, -0.2) is 30.9 Å². The minimum atomic E-state index is -0.667. The first-order chi connectivity index (χ1) is 12.6. The second-order valence-corrected chi connectivity index (χ2v) is 6.62. The van der Waals surface area contributed by atoms with Crippen LogP contribution in [0, 0.1) is 0 Å². The fourth-order valence-corrected chi connectivity index (χ4v) is 2.82. The van der Waals surface area contributed by atoms with Crippen LogP contribution in [0.3, 0.4) is 0 Å². The molecule has 0 bridgehead atoms. The van der Waals surface area contributed by atoms with Crippen molar-refractivity contribution in [2.24, 2.45) is 0 Å². The molecule has 1 heterocycles. The van der Waals surface area contributed by atoms with E-state index in [-0.39, 0.29) is 12.5 Å². The second kappa shape index (κ2) is 10.4. The standard InChI is InChI=1S/C19H22N2O4S/c1-2-3-5-14-7-9-15(10-8-14)21-17(22)13-25-18(23)12-20-19(24)16-6-4-11-26-16/h4,6-11H,2-3,5,12-13H2,1H3,(H,20,24)(H,21,22). The number of nitrogens with one attached hydrogen (secondary N) is 2. The topological polar surface area (TPSA) is 84.5 Å². The summed E-state index contributed by atoms with van der Waals surface area (Å²) < 4.78 is 4.86. The number of hydrogen-bond acceptors (Lipinski definition) is 5. The van der Waals surface area contributed by atoms with Crippen molar-refractivity contribution in [1.29, 1.82) is 0 Å². The van der Waals surface area contributed by atoms with Gasteiger partial charge in [0.2, 0.25) is 0 Å². The molecule has 0 spiro atoms. The van der Waals surface area contributed by atoms with Crippen LogP contribution in [0.15, 0.2) is 41.8 Å². The average Bonchev–Trinajstić information content (AvgIpc) is 3.18. The first-order valence-corrected chi connectivity index (χ1v) is 9.32. The molecule has 0 atom stereocenters. The first-order valence-electron chi connectivity index (χ1n) is 8.44. The highest BCUT2D eigenvalue weighted by Gasteiger charge is 2.11. The molecule has 0 unspecified atom stereocenters. The first kappa shape index (κ1) is 19.7. The third kappa shape index (κ3) is 6.68. The Morgan fingerprint density at radius 2 is 1.88 bits per heavy atom. The highest BCUT2D eigenvalue weighted by molar-refractivity contribution is 7.12. The van der Waals surface area contributed by atoms with Gasteiger partial charge < -0.3 is 15.4 Å². The number of amides is 2. The van der Waals surface area contributed by atoms with Gasteiger partial charge in [-0.15, -0.1) is 11.3 Å². The summed E-state index contributed by atoms with van der Waals surface area (Å²) in [6.45, 7) is 1.46. The number of carbonyl (C=O) groups excluding carboxylic acids is 3. The molecule has 0 radical (unpaired) electrons. The van der Waals surface area contributed by atoms with Gasteiger partial charge in [-0.2, -0.15) is 0 Å². The van der Waals surface area contributed by atoms with Gasteiger partial charge in [-0.25, -0.2) is 0 Å². The zero-order valence-corrected chi connectivity index (χ0v) is 15.4. The Balaban J connectivity index is 1.67. The van der Waals surface area contributed by atoms with Crippen LogP contribution in [0.25, 0.3) is 0 Å². The van der Waals surface area contributed by atoms with E-state index in [0.29, 0.717) is 10.6 Å². The number of benzene rings is 1. The zero-order chi connectivity index (χ0) is 18.8. The lowest BCUT2D eigenvalue weighted by atomic mass is 10.1. The van der Waals surface area contributed by atoms with Gasteiger partial charge in [-0.05, 0) is 42.0 Å². The van der Waals surface area contributed by atoms with E-state index in [1.807, 2.05) is 24.3 Å². The largest absolute Gasteiger partial charge is 0.454 e. The summed E-state index contributed by atoms with van der Waals surface area (Å²) in [5.41, 5.74) is 1.87. The second-order valence-electron chi connectivity index (χ2n) is 5.67. The summed E-state index contributed by atoms with van der Waals surface area (Å²) in [6.07, 6.45) is 3.28. The van der Waals surface area contributed by atoms with Crippen molar-refractivity contribution in [3.63, 3.8) is 0 Å². The smallest absolute Gasteiger partial charge is 0.325 e. The lowest BCUT2D eigenvalue weighted by Gasteiger charge is -2.08. The predicted octanol–water partition coefficient (Wildman–Crippen LogP) is 3.00. The minimum Gasteiger partial charge on any atom is -0.454 e.